The number of nitrogen functional groups attached to an aromatic ring is 1. The fourth-order valence-electron chi connectivity index (χ4n) is 2.43. The van der Waals surface area contributed by atoms with E-state index in [0.717, 1.165) is 11.7 Å². The van der Waals surface area contributed by atoms with Gasteiger partial charge in [-0.3, -0.25) is 0 Å². The summed E-state index contributed by atoms with van der Waals surface area (Å²) in [4.78, 5) is 4.25. The molecule has 2 atom stereocenters. The number of nitrogens with two attached hydrogens (primary N) is 1. The Hall–Kier alpha value is -0.960. The molecule has 0 saturated heterocycles. The Labute approximate surface area is 108 Å². The van der Waals surface area contributed by atoms with Gasteiger partial charge >= 0.3 is 0 Å². The van der Waals surface area contributed by atoms with Gasteiger partial charge in [0, 0.05) is 17.8 Å². The van der Waals surface area contributed by atoms with Gasteiger partial charge in [-0.05, 0) is 31.2 Å². The Balaban J connectivity index is 1.99. The van der Waals surface area contributed by atoms with E-state index in [1.54, 1.807) is 6.07 Å². The Morgan fingerprint density at radius 2 is 2.12 bits per heavy atom. The molecule has 1 heterocycles. The summed E-state index contributed by atoms with van der Waals surface area (Å²) in [5.41, 5.74) is 6.41. The minimum Gasteiger partial charge on any atom is -0.399 e. The molecule has 0 bridgehead atoms. The van der Waals surface area contributed by atoms with Crippen LogP contribution in [0.1, 0.15) is 39.0 Å². The molecule has 1 saturated carbocycles. The predicted octanol–water partition coefficient (Wildman–Crippen LogP) is 3.70. The summed E-state index contributed by atoms with van der Waals surface area (Å²) in [7, 11) is 0. The standard InChI is InChI=1S/C13H20ClN3/c1-9-3-2-4-11(6-5-9)16-13-8-10(15)7-12(14)17-13/h7-9,11H,2-6H2,1H3,(H3,15,16,17). The van der Waals surface area contributed by atoms with Crippen LogP contribution in [0, 0.1) is 5.92 Å². The van der Waals surface area contributed by atoms with Gasteiger partial charge in [-0.25, -0.2) is 4.98 Å². The summed E-state index contributed by atoms with van der Waals surface area (Å²) >= 11 is 5.89. The molecule has 0 radical (unpaired) electrons. The minimum absolute atomic E-state index is 0.453. The van der Waals surface area contributed by atoms with Crippen LogP contribution in [-0.2, 0) is 0 Å². The van der Waals surface area contributed by atoms with E-state index in [0.29, 0.717) is 16.9 Å². The van der Waals surface area contributed by atoms with Gasteiger partial charge in [0.1, 0.15) is 11.0 Å². The number of hydrogen-bond donors (Lipinski definition) is 2. The molecular formula is C13H20ClN3. The lowest BCUT2D eigenvalue weighted by Crippen LogP contribution is -2.19. The molecule has 1 aliphatic carbocycles. The van der Waals surface area contributed by atoms with Crippen LogP contribution in [0.4, 0.5) is 11.5 Å². The molecule has 2 rings (SSSR count). The zero-order valence-corrected chi connectivity index (χ0v) is 11.0. The summed E-state index contributed by atoms with van der Waals surface area (Å²) in [6.07, 6.45) is 6.32. The van der Waals surface area contributed by atoms with Crippen molar-refractivity contribution in [2.45, 2.75) is 45.1 Å². The van der Waals surface area contributed by atoms with Crippen LogP contribution in [0.3, 0.4) is 0 Å². The molecule has 1 aliphatic rings. The molecular weight excluding hydrogens is 234 g/mol. The van der Waals surface area contributed by atoms with E-state index < -0.39 is 0 Å². The zero-order valence-electron chi connectivity index (χ0n) is 10.2. The van der Waals surface area contributed by atoms with Crippen molar-refractivity contribution in [1.82, 2.24) is 4.98 Å². The number of pyridine rings is 1. The number of nitrogens with zero attached hydrogens (tertiary/aromatic N) is 1. The number of halogens is 1. The third-order valence-electron chi connectivity index (χ3n) is 3.43. The Morgan fingerprint density at radius 3 is 2.88 bits per heavy atom. The van der Waals surface area contributed by atoms with Crippen LogP contribution < -0.4 is 11.1 Å². The largest absolute Gasteiger partial charge is 0.399 e. The Bertz CT molecular complexity index is 361. The highest BCUT2D eigenvalue weighted by molar-refractivity contribution is 6.29. The zero-order chi connectivity index (χ0) is 12.3. The summed E-state index contributed by atoms with van der Waals surface area (Å²) in [5, 5.41) is 3.90. The molecule has 0 spiro atoms. The van der Waals surface area contributed by atoms with Crippen molar-refractivity contribution in [3.8, 4) is 0 Å². The van der Waals surface area contributed by atoms with Crippen molar-refractivity contribution < 1.29 is 0 Å². The van der Waals surface area contributed by atoms with Gasteiger partial charge < -0.3 is 11.1 Å². The maximum atomic E-state index is 5.89. The van der Waals surface area contributed by atoms with Crippen molar-refractivity contribution in [3.63, 3.8) is 0 Å². The highest BCUT2D eigenvalue weighted by Gasteiger charge is 2.16. The van der Waals surface area contributed by atoms with Gasteiger partial charge in [-0.1, -0.05) is 31.4 Å². The molecule has 0 aliphatic heterocycles. The SMILES string of the molecule is CC1CCCC(Nc2cc(N)cc(Cl)n2)CC1. The first kappa shape index (κ1) is 12.5. The summed E-state index contributed by atoms with van der Waals surface area (Å²) in [6.45, 7) is 2.33. The van der Waals surface area contributed by atoms with Crippen molar-refractivity contribution in [1.29, 1.82) is 0 Å². The lowest BCUT2D eigenvalue weighted by molar-refractivity contribution is 0.502. The molecule has 1 aromatic heterocycles. The van der Waals surface area contributed by atoms with E-state index in [-0.39, 0.29) is 0 Å². The highest BCUT2D eigenvalue weighted by Crippen LogP contribution is 2.25. The number of rotatable bonds is 2. The number of hydrogen-bond acceptors (Lipinski definition) is 3. The van der Waals surface area contributed by atoms with E-state index in [1.165, 1.54) is 32.1 Å². The lowest BCUT2D eigenvalue weighted by atomic mass is 10.0. The van der Waals surface area contributed by atoms with E-state index in [4.69, 9.17) is 17.3 Å². The average Bonchev–Trinajstić information content (AvgIpc) is 2.42. The third-order valence-corrected chi connectivity index (χ3v) is 3.62. The quantitative estimate of drug-likeness (QED) is 0.624. The summed E-state index contributed by atoms with van der Waals surface area (Å²) in [6, 6.07) is 4.02. The predicted molar refractivity (Wildman–Crippen MR) is 73.3 cm³/mol. The first-order valence-corrected chi connectivity index (χ1v) is 6.71. The smallest absolute Gasteiger partial charge is 0.133 e. The van der Waals surface area contributed by atoms with E-state index in [1.807, 2.05) is 6.07 Å². The second kappa shape index (κ2) is 5.58. The van der Waals surface area contributed by atoms with Crippen LogP contribution in [-0.4, -0.2) is 11.0 Å². The number of anilines is 2. The van der Waals surface area contributed by atoms with Crippen LogP contribution in [0.2, 0.25) is 5.15 Å². The maximum Gasteiger partial charge on any atom is 0.133 e. The molecule has 3 nitrogen and oxygen atoms in total. The third kappa shape index (κ3) is 3.77. The lowest BCUT2D eigenvalue weighted by Gasteiger charge is -2.17. The van der Waals surface area contributed by atoms with Crippen molar-refractivity contribution in [3.05, 3.63) is 17.3 Å². The van der Waals surface area contributed by atoms with Crippen molar-refractivity contribution >= 4 is 23.1 Å². The molecule has 1 fully saturated rings. The highest BCUT2D eigenvalue weighted by atomic mass is 35.5. The normalized spacial score (nSPS) is 25.3. The van der Waals surface area contributed by atoms with Gasteiger partial charge in [0.05, 0.1) is 0 Å². The fraction of sp³-hybridized carbons (Fsp3) is 0.615. The molecule has 3 N–H and O–H groups in total. The molecule has 17 heavy (non-hydrogen) atoms. The van der Waals surface area contributed by atoms with Gasteiger partial charge in [0.2, 0.25) is 0 Å². The van der Waals surface area contributed by atoms with E-state index >= 15 is 0 Å². The summed E-state index contributed by atoms with van der Waals surface area (Å²) in [5.74, 6) is 1.65. The molecule has 4 heteroatoms. The van der Waals surface area contributed by atoms with Crippen LogP contribution >= 0.6 is 11.6 Å². The van der Waals surface area contributed by atoms with Crippen LogP contribution in [0.15, 0.2) is 12.1 Å². The van der Waals surface area contributed by atoms with Crippen LogP contribution in [0.25, 0.3) is 0 Å². The van der Waals surface area contributed by atoms with Crippen LogP contribution in [0.5, 0.6) is 0 Å². The van der Waals surface area contributed by atoms with E-state index in [9.17, 15) is 0 Å². The van der Waals surface area contributed by atoms with Gasteiger partial charge in [0.15, 0.2) is 0 Å². The van der Waals surface area contributed by atoms with Crippen molar-refractivity contribution in [2.75, 3.05) is 11.1 Å². The van der Waals surface area contributed by atoms with Gasteiger partial charge in [0.25, 0.3) is 0 Å². The molecule has 0 aromatic carbocycles. The maximum absolute atomic E-state index is 5.89. The summed E-state index contributed by atoms with van der Waals surface area (Å²) < 4.78 is 0. The van der Waals surface area contributed by atoms with Gasteiger partial charge in [-0.15, -0.1) is 0 Å². The topological polar surface area (TPSA) is 50.9 Å². The van der Waals surface area contributed by atoms with E-state index in [2.05, 4.69) is 17.2 Å². The minimum atomic E-state index is 0.453. The Morgan fingerprint density at radius 1 is 1.29 bits per heavy atom. The second-order valence-corrected chi connectivity index (χ2v) is 5.45. The second-order valence-electron chi connectivity index (χ2n) is 5.06. The first-order valence-electron chi connectivity index (χ1n) is 6.33. The Kier molecular flexibility index (Phi) is 4.11. The number of aromatic nitrogens is 1. The molecule has 94 valence electrons. The fourth-order valence-corrected chi connectivity index (χ4v) is 2.65. The number of nitrogens with one attached hydrogen (secondary N) is 1. The average molecular weight is 254 g/mol. The monoisotopic (exact) mass is 253 g/mol. The molecule has 2 unspecified atom stereocenters. The molecule has 1 aromatic rings. The van der Waals surface area contributed by atoms with Crippen molar-refractivity contribution in [2.24, 2.45) is 5.92 Å². The molecule has 0 amide bonds. The first-order chi connectivity index (χ1) is 8.13. The van der Waals surface area contributed by atoms with Gasteiger partial charge in [-0.2, -0.15) is 0 Å².